The summed E-state index contributed by atoms with van der Waals surface area (Å²) >= 11 is 0. The predicted octanol–water partition coefficient (Wildman–Crippen LogP) is 3.01. The average molecular weight is 287 g/mol. The van der Waals surface area contributed by atoms with Crippen LogP contribution in [0.25, 0.3) is 0 Å². The van der Waals surface area contributed by atoms with Crippen molar-refractivity contribution in [3.63, 3.8) is 0 Å². The van der Waals surface area contributed by atoms with Crippen molar-refractivity contribution in [2.24, 2.45) is 0 Å². The molecule has 0 bridgehead atoms. The van der Waals surface area contributed by atoms with E-state index in [1.54, 1.807) is 12.1 Å². The second-order valence-corrected chi connectivity index (χ2v) is 4.89. The Morgan fingerprint density at radius 2 is 1.90 bits per heavy atom. The van der Waals surface area contributed by atoms with Crippen molar-refractivity contribution in [1.82, 2.24) is 0 Å². The molecule has 0 saturated heterocycles. The summed E-state index contributed by atoms with van der Waals surface area (Å²) in [7, 11) is 1.41. The van der Waals surface area contributed by atoms with E-state index in [0.29, 0.717) is 5.69 Å². The molecule has 0 heterocycles. The topological polar surface area (TPSA) is 50.7 Å². The van der Waals surface area contributed by atoms with E-state index in [2.05, 4.69) is 10.1 Å². The van der Waals surface area contributed by atoms with Gasteiger partial charge < -0.3 is 19.9 Å². The van der Waals surface area contributed by atoms with Gasteiger partial charge in [0.15, 0.2) is 11.5 Å². The number of aliphatic hydroxyl groups excluding tert-OH is 1. The van der Waals surface area contributed by atoms with Gasteiger partial charge in [0.05, 0.1) is 13.2 Å². The number of anilines is 1. The first-order valence-electron chi connectivity index (χ1n) is 6.66. The average Bonchev–Trinajstić information content (AvgIpc) is 2.41. The molecule has 2 rings (SSSR count). The number of nitrogens with one attached hydrogen (secondary N) is 1. The molecule has 4 nitrogen and oxygen atoms in total. The number of methoxy groups -OCH3 is 1. The molecule has 6 heteroatoms. The van der Waals surface area contributed by atoms with Crippen LogP contribution in [0.5, 0.6) is 11.5 Å². The third-order valence-corrected chi connectivity index (χ3v) is 3.45. The van der Waals surface area contributed by atoms with E-state index in [1.807, 2.05) is 0 Å². The van der Waals surface area contributed by atoms with Crippen molar-refractivity contribution < 1.29 is 23.4 Å². The van der Waals surface area contributed by atoms with Gasteiger partial charge in [0.25, 0.3) is 0 Å². The van der Waals surface area contributed by atoms with Gasteiger partial charge in [-0.2, -0.15) is 8.78 Å². The number of ether oxygens (including phenoxy) is 2. The third kappa shape index (κ3) is 3.96. The molecule has 0 radical (unpaired) electrons. The van der Waals surface area contributed by atoms with Gasteiger partial charge in [0.2, 0.25) is 0 Å². The molecule has 0 amide bonds. The van der Waals surface area contributed by atoms with Crippen molar-refractivity contribution in [2.45, 2.75) is 44.4 Å². The van der Waals surface area contributed by atoms with Crippen molar-refractivity contribution >= 4 is 5.69 Å². The van der Waals surface area contributed by atoms with Crippen LogP contribution in [-0.4, -0.2) is 31.0 Å². The van der Waals surface area contributed by atoms with E-state index in [9.17, 15) is 13.9 Å². The van der Waals surface area contributed by atoms with Crippen LogP contribution in [0.15, 0.2) is 18.2 Å². The fraction of sp³-hybridized carbons (Fsp3) is 0.571. The first kappa shape index (κ1) is 14.8. The van der Waals surface area contributed by atoms with Crippen LogP contribution in [0.4, 0.5) is 14.5 Å². The highest BCUT2D eigenvalue weighted by atomic mass is 19.3. The molecule has 0 aromatic heterocycles. The molecule has 1 aliphatic carbocycles. The Hall–Kier alpha value is -1.56. The molecular weight excluding hydrogens is 268 g/mol. The minimum atomic E-state index is -2.89. The lowest BCUT2D eigenvalue weighted by molar-refractivity contribution is -0.0511. The summed E-state index contributed by atoms with van der Waals surface area (Å²) in [6.07, 6.45) is 3.01. The van der Waals surface area contributed by atoms with Gasteiger partial charge in [-0.3, -0.25) is 0 Å². The number of rotatable bonds is 5. The molecule has 112 valence electrons. The molecule has 0 unspecified atom stereocenters. The van der Waals surface area contributed by atoms with Gasteiger partial charge in [0, 0.05) is 17.8 Å². The van der Waals surface area contributed by atoms with E-state index >= 15 is 0 Å². The number of hydrogen-bond acceptors (Lipinski definition) is 4. The number of aliphatic hydroxyl groups is 1. The Morgan fingerprint density at radius 3 is 2.50 bits per heavy atom. The fourth-order valence-electron chi connectivity index (χ4n) is 2.41. The zero-order chi connectivity index (χ0) is 14.5. The molecular formula is C14H19F2NO3. The zero-order valence-corrected chi connectivity index (χ0v) is 11.3. The number of alkyl halides is 2. The lowest BCUT2D eigenvalue weighted by atomic mass is 9.93. The van der Waals surface area contributed by atoms with E-state index < -0.39 is 6.61 Å². The molecule has 1 aromatic carbocycles. The van der Waals surface area contributed by atoms with Gasteiger partial charge >= 0.3 is 6.61 Å². The monoisotopic (exact) mass is 287 g/mol. The van der Waals surface area contributed by atoms with E-state index in [4.69, 9.17) is 4.74 Å². The molecule has 0 aliphatic heterocycles. The molecule has 1 saturated carbocycles. The summed E-state index contributed by atoms with van der Waals surface area (Å²) in [6.45, 7) is -2.89. The Bertz CT molecular complexity index is 434. The first-order valence-corrected chi connectivity index (χ1v) is 6.66. The standard InChI is InChI=1S/C14H19F2NO3/c1-19-12-7-4-10(8-13(12)20-14(15)16)17-9-2-5-11(18)6-3-9/h4,7-9,11,14,17-18H,2-3,5-6H2,1H3. The summed E-state index contributed by atoms with van der Waals surface area (Å²) in [6, 6.07) is 5.11. The minimum absolute atomic E-state index is 0.0170. The van der Waals surface area contributed by atoms with Crippen molar-refractivity contribution in [1.29, 1.82) is 0 Å². The van der Waals surface area contributed by atoms with Gasteiger partial charge in [-0.25, -0.2) is 0 Å². The largest absolute Gasteiger partial charge is 0.493 e. The molecule has 0 atom stereocenters. The Balaban J connectivity index is 2.04. The smallest absolute Gasteiger partial charge is 0.387 e. The van der Waals surface area contributed by atoms with Gasteiger partial charge in [-0.1, -0.05) is 0 Å². The highest BCUT2D eigenvalue weighted by Crippen LogP contribution is 2.32. The Labute approximate surface area is 116 Å². The Kier molecular flexibility index (Phi) is 5.00. The number of hydrogen-bond donors (Lipinski definition) is 2. The van der Waals surface area contributed by atoms with Crippen molar-refractivity contribution in [3.8, 4) is 11.5 Å². The number of benzene rings is 1. The maximum atomic E-state index is 12.3. The molecule has 1 fully saturated rings. The van der Waals surface area contributed by atoms with Crippen LogP contribution in [0.3, 0.4) is 0 Å². The van der Waals surface area contributed by atoms with E-state index in [0.717, 1.165) is 25.7 Å². The first-order chi connectivity index (χ1) is 9.58. The normalized spacial score (nSPS) is 22.6. The molecule has 20 heavy (non-hydrogen) atoms. The van der Waals surface area contributed by atoms with Gasteiger partial charge in [0.1, 0.15) is 0 Å². The quantitative estimate of drug-likeness (QED) is 0.874. The summed E-state index contributed by atoms with van der Waals surface area (Å²) < 4.78 is 34.1. The third-order valence-electron chi connectivity index (χ3n) is 3.45. The van der Waals surface area contributed by atoms with Crippen LogP contribution in [0.2, 0.25) is 0 Å². The maximum absolute atomic E-state index is 12.3. The summed E-state index contributed by atoms with van der Waals surface area (Å²) in [5.74, 6) is 0.290. The summed E-state index contributed by atoms with van der Waals surface area (Å²) in [5, 5.41) is 12.7. The number of halogens is 2. The minimum Gasteiger partial charge on any atom is -0.493 e. The van der Waals surface area contributed by atoms with Crippen LogP contribution < -0.4 is 14.8 Å². The zero-order valence-electron chi connectivity index (χ0n) is 11.3. The van der Waals surface area contributed by atoms with E-state index in [-0.39, 0.29) is 23.6 Å². The predicted molar refractivity (Wildman–Crippen MR) is 71.5 cm³/mol. The lowest BCUT2D eigenvalue weighted by Gasteiger charge is -2.27. The summed E-state index contributed by atoms with van der Waals surface area (Å²) in [5.41, 5.74) is 0.711. The van der Waals surface area contributed by atoms with Crippen molar-refractivity contribution in [2.75, 3.05) is 12.4 Å². The molecule has 1 aromatic rings. The van der Waals surface area contributed by atoms with Crippen molar-refractivity contribution in [3.05, 3.63) is 18.2 Å². The molecule has 1 aliphatic rings. The van der Waals surface area contributed by atoms with E-state index in [1.165, 1.54) is 13.2 Å². The second kappa shape index (κ2) is 6.74. The highest BCUT2D eigenvalue weighted by molar-refractivity contribution is 5.55. The fourth-order valence-corrected chi connectivity index (χ4v) is 2.41. The SMILES string of the molecule is COc1ccc(NC2CCC(O)CC2)cc1OC(F)F. The van der Waals surface area contributed by atoms with Crippen LogP contribution in [-0.2, 0) is 0 Å². The highest BCUT2D eigenvalue weighted by Gasteiger charge is 2.19. The van der Waals surface area contributed by atoms with Gasteiger partial charge in [-0.05, 0) is 37.8 Å². The van der Waals surface area contributed by atoms with Crippen LogP contribution >= 0.6 is 0 Å². The van der Waals surface area contributed by atoms with Crippen LogP contribution in [0, 0.1) is 0 Å². The lowest BCUT2D eigenvalue weighted by Crippen LogP contribution is -2.28. The van der Waals surface area contributed by atoms with Crippen LogP contribution in [0.1, 0.15) is 25.7 Å². The Morgan fingerprint density at radius 1 is 1.20 bits per heavy atom. The molecule has 2 N–H and O–H groups in total. The molecule has 0 spiro atoms. The van der Waals surface area contributed by atoms with Gasteiger partial charge in [-0.15, -0.1) is 0 Å². The second-order valence-electron chi connectivity index (χ2n) is 4.89. The maximum Gasteiger partial charge on any atom is 0.387 e. The summed E-state index contributed by atoms with van der Waals surface area (Å²) in [4.78, 5) is 0.